The van der Waals surface area contributed by atoms with Crippen molar-refractivity contribution < 1.29 is 37.3 Å². The number of benzene rings is 2. The van der Waals surface area contributed by atoms with Crippen molar-refractivity contribution in [2.45, 2.75) is 58.0 Å². The fraction of sp³-hybridized carbons (Fsp3) is 0.417. The molecule has 2 aromatic carbocycles. The minimum atomic E-state index is -5.08. The number of carboxylic acids is 1. The molecule has 0 aromatic heterocycles. The molecule has 4 atom stereocenters. The van der Waals surface area contributed by atoms with E-state index in [1.54, 1.807) is 6.92 Å². The number of halogens is 3. The first-order chi connectivity index (χ1) is 15.5. The maximum Gasteiger partial charge on any atom is 0.490 e. The summed E-state index contributed by atoms with van der Waals surface area (Å²) in [7, 11) is 0. The number of nitrogens with two attached hydrogens (primary N) is 1. The molecule has 182 valence electrons. The zero-order chi connectivity index (χ0) is 25.0. The molecule has 0 fully saturated rings. The number of carboxylic acid groups (broad SMARTS) is 1. The first-order valence-corrected chi connectivity index (χ1v) is 10.5. The largest absolute Gasteiger partial charge is 0.490 e. The predicted octanol–water partition coefficient (Wildman–Crippen LogP) is 4.62. The lowest BCUT2D eigenvalue weighted by molar-refractivity contribution is -0.192. The SMILES string of the molecule is CC[C@H](Cc1ccccc1)[C@@H](Oc1ccccc1)[C@H](C)OC(=O)[C@H](C)N.O=C(O)C(F)(F)F. The van der Waals surface area contributed by atoms with Crippen LogP contribution >= 0.6 is 0 Å². The van der Waals surface area contributed by atoms with E-state index in [0.717, 1.165) is 18.6 Å². The molecule has 0 aliphatic rings. The van der Waals surface area contributed by atoms with Crippen LogP contribution in [0.25, 0.3) is 0 Å². The molecule has 2 rings (SSSR count). The zero-order valence-electron chi connectivity index (χ0n) is 18.8. The van der Waals surface area contributed by atoms with Gasteiger partial charge in [-0.2, -0.15) is 13.2 Å². The quantitative estimate of drug-likeness (QED) is 0.520. The minimum absolute atomic E-state index is 0.202. The third kappa shape index (κ3) is 10.4. The number of hydrogen-bond donors (Lipinski definition) is 2. The van der Waals surface area contributed by atoms with Gasteiger partial charge < -0.3 is 20.3 Å². The minimum Gasteiger partial charge on any atom is -0.486 e. The van der Waals surface area contributed by atoms with E-state index in [4.69, 9.17) is 25.1 Å². The molecule has 0 aliphatic carbocycles. The number of ether oxygens (including phenoxy) is 2. The molecule has 0 aliphatic heterocycles. The van der Waals surface area contributed by atoms with Crippen molar-refractivity contribution >= 4 is 11.9 Å². The molecule has 3 N–H and O–H groups in total. The summed E-state index contributed by atoms with van der Waals surface area (Å²) in [6, 6.07) is 19.3. The summed E-state index contributed by atoms with van der Waals surface area (Å²) in [5, 5.41) is 7.12. The number of alkyl halides is 3. The maximum atomic E-state index is 12.0. The molecule has 0 bridgehead atoms. The van der Waals surface area contributed by atoms with E-state index in [1.165, 1.54) is 5.56 Å². The fourth-order valence-electron chi connectivity index (χ4n) is 3.00. The van der Waals surface area contributed by atoms with Gasteiger partial charge in [0.05, 0.1) is 0 Å². The topological polar surface area (TPSA) is 98.9 Å². The molecular formula is C24H30F3NO5. The molecule has 0 unspecified atom stereocenters. The predicted molar refractivity (Wildman–Crippen MR) is 118 cm³/mol. The molecule has 9 heteroatoms. The lowest BCUT2D eigenvalue weighted by Crippen LogP contribution is -2.43. The van der Waals surface area contributed by atoms with Crippen LogP contribution in [0.3, 0.4) is 0 Å². The van der Waals surface area contributed by atoms with Crippen molar-refractivity contribution in [2.75, 3.05) is 0 Å². The van der Waals surface area contributed by atoms with Crippen LogP contribution in [0.4, 0.5) is 13.2 Å². The number of esters is 1. The van der Waals surface area contributed by atoms with E-state index in [0.29, 0.717) is 0 Å². The van der Waals surface area contributed by atoms with Crippen molar-refractivity contribution in [3.05, 3.63) is 66.2 Å². The summed E-state index contributed by atoms with van der Waals surface area (Å²) in [5.41, 5.74) is 6.90. The zero-order valence-corrected chi connectivity index (χ0v) is 18.8. The van der Waals surface area contributed by atoms with Crippen LogP contribution in [0.2, 0.25) is 0 Å². The highest BCUT2D eigenvalue weighted by Crippen LogP contribution is 2.25. The molecule has 0 saturated carbocycles. The van der Waals surface area contributed by atoms with Crippen molar-refractivity contribution in [3.8, 4) is 5.75 Å². The van der Waals surface area contributed by atoms with Gasteiger partial charge in [0.25, 0.3) is 0 Å². The molecule has 0 heterocycles. The van der Waals surface area contributed by atoms with E-state index in [1.807, 2.05) is 55.5 Å². The molecule has 0 radical (unpaired) electrons. The Labute approximate surface area is 191 Å². The smallest absolute Gasteiger partial charge is 0.486 e. The Bertz CT molecular complexity index is 844. The average molecular weight is 470 g/mol. The highest BCUT2D eigenvalue weighted by atomic mass is 19.4. The van der Waals surface area contributed by atoms with Crippen molar-refractivity contribution in [1.29, 1.82) is 0 Å². The molecule has 0 saturated heterocycles. The van der Waals surface area contributed by atoms with Gasteiger partial charge in [0, 0.05) is 5.92 Å². The van der Waals surface area contributed by atoms with Crippen LogP contribution < -0.4 is 10.5 Å². The standard InChI is InChI=1S/C22H29NO3.C2HF3O2/c1-4-19(15-18-11-7-5-8-12-18)21(17(3)25-22(24)16(2)23)26-20-13-9-6-10-14-20;3-2(4,5)1(6)7/h5-14,16-17,19,21H,4,15,23H2,1-3H3;(H,6,7)/t16-,17-,19+,21-;/m0./s1. The number of carbonyl (C=O) groups excluding carboxylic acids is 1. The Kier molecular flexibility index (Phi) is 11.4. The average Bonchev–Trinajstić information content (AvgIpc) is 2.77. The van der Waals surface area contributed by atoms with E-state index >= 15 is 0 Å². The Hall–Kier alpha value is -3.07. The van der Waals surface area contributed by atoms with Crippen LogP contribution in [0.15, 0.2) is 60.7 Å². The summed E-state index contributed by atoms with van der Waals surface area (Å²) in [6.07, 6.45) is -3.98. The number of carbonyl (C=O) groups is 2. The third-order valence-corrected chi connectivity index (χ3v) is 4.72. The Morgan fingerprint density at radius 2 is 1.48 bits per heavy atom. The van der Waals surface area contributed by atoms with Gasteiger partial charge in [-0.25, -0.2) is 4.79 Å². The van der Waals surface area contributed by atoms with Crippen LogP contribution in [-0.2, 0) is 20.7 Å². The molecule has 0 amide bonds. The van der Waals surface area contributed by atoms with Crippen molar-refractivity contribution in [3.63, 3.8) is 0 Å². The third-order valence-electron chi connectivity index (χ3n) is 4.72. The Balaban J connectivity index is 0.000000675. The van der Waals surface area contributed by atoms with Gasteiger partial charge in [-0.3, -0.25) is 4.79 Å². The lowest BCUT2D eigenvalue weighted by atomic mass is 9.89. The van der Waals surface area contributed by atoms with Gasteiger partial charge in [0.15, 0.2) is 0 Å². The summed E-state index contributed by atoms with van der Waals surface area (Å²) >= 11 is 0. The molecule has 6 nitrogen and oxygen atoms in total. The Morgan fingerprint density at radius 3 is 1.91 bits per heavy atom. The first kappa shape index (κ1) is 28.0. The summed E-state index contributed by atoms with van der Waals surface area (Å²) in [4.78, 5) is 20.9. The summed E-state index contributed by atoms with van der Waals surface area (Å²) in [5.74, 6) is -2.19. The highest BCUT2D eigenvalue weighted by Gasteiger charge is 2.38. The monoisotopic (exact) mass is 469 g/mol. The summed E-state index contributed by atoms with van der Waals surface area (Å²) < 4.78 is 43.6. The van der Waals surface area contributed by atoms with Crippen LogP contribution in [0, 0.1) is 5.92 Å². The second-order valence-electron chi connectivity index (χ2n) is 7.49. The fourth-order valence-corrected chi connectivity index (χ4v) is 3.00. The van der Waals surface area contributed by atoms with Crippen LogP contribution in [0.1, 0.15) is 32.8 Å². The van der Waals surface area contributed by atoms with E-state index in [9.17, 15) is 18.0 Å². The molecule has 0 spiro atoms. The van der Waals surface area contributed by atoms with Gasteiger partial charge in [0.1, 0.15) is 24.0 Å². The molecular weight excluding hydrogens is 439 g/mol. The number of aliphatic carboxylic acids is 1. The van der Waals surface area contributed by atoms with Crippen molar-refractivity contribution in [2.24, 2.45) is 11.7 Å². The van der Waals surface area contributed by atoms with Gasteiger partial charge in [-0.1, -0.05) is 55.5 Å². The van der Waals surface area contributed by atoms with Gasteiger partial charge >= 0.3 is 18.1 Å². The highest BCUT2D eigenvalue weighted by molar-refractivity contribution is 5.75. The normalized spacial score (nSPS) is 14.6. The number of para-hydroxylation sites is 1. The number of rotatable bonds is 9. The van der Waals surface area contributed by atoms with Crippen LogP contribution in [0.5, 0.6) is 5.75 Å². The van der Waals surface area contributed by atoms with Crippen molar-refractivity contribution in [1.82, 2.24) is 0 Å². The summed E-state index contributed by atoms with van der Waals surface area (Å²) in [6.45, 7) is 5.64. The Morgan fingerprint density at radius 1 is 1.00 bits per heavy atom. The van der Waals surface area contributed by atoms with Gasteiger partial charge in [-0.05, 0) is 44.4 Å². The van der Waals surface area contributed by atoms with Crippen LogP contribution in [-0.4, -0.2) is 41.5 Å². The van der Waals surface area contributed by atoms with Gasteiger partial charge in [0.2, 0.25) is 0 Å². The first-order valence-electron chi connectivity index (χ1n) is 10.5. The van der Waals surface area contributed by atoms with Gasteiger partial charge in [-0.15, -0.1) is 0 Å². The molecule has 33 heavy (non-hydrogen) atoms. The maximum absolute atomic E-state index is 12.0. The van der Waals surface area contributed by atoms with E-state index in [-0.39, 0.29) is 12.0 Å². The molecule has 2 aromatic rings. The lowest BCUT2D eigenvalue weighted by Gasteiger charge is -2.32. The second kappa shape index (κ2) is 13.5. The van der Waals surface area contributed by atoms with E-state index in [2.05, 4.69) is 19.1 Å². The number of hydrogen-bond acceptors (Lipinski definition) is 5. The van der Waals surface area contributed by atoms with E-state index < -0.39 is 30.3 Å². The second-order valence-corrected chi connectivity index (χ2v) is 7.49.